The first-order chi connectivity index (χ1) is 37.2. The van der Waals surface area contributed by atoms with Gasteiger partial charge >= 0.3 is 0 Å². The van der Waals surface area contributed by atoms with Gasteiger partial charge in [0.2, 0.25) is 0 Å². The fourth-order valence-corrected chi connectivity index (χ4v) is 11.2. The Kier molecular flexibility index (Phi) is 12.0. The summed E-state index contributed by atoms with van der Waals surface area (Å²) in [6.45, 7) is 0. The van der Waals surface area contributed by atoms with Gasteiger partial charge in [-0.15, -0.1) is 0 Å². The number of fused-ring (bicyclic) bond motifs is 3. The van der Waals surface area contributed by atoms with Crippen molar-refractivity contribution in [1.82, 2.24) is 0 Å². The highest BCUT2D eigenvalue weighted by molar-refractivity contribution is 6.25. The zero-order valence-corrected chi connectivity index (χ0v) is 41.4. The highest BCUT2D eigenvalue weighted by atomic mass is 15.1. The van der Waals surface area contributed by atoms with Gasteiger partial charge in [0.1, 0.15) is 0 Å². The lowest BCUT2D eigenvalue weighted by molar-refractivity contribution is 1.28. The van der Waals surface area contributed by atoms with Crippen LogP contribution in [0.15, 0.2) is 309 Å². The molecule has 0 unspecified atom stereocenters. The van der Waals surface area contributed by atoms with Crippen molar-refractivity contribution in [3.63, 3.8) is 0 Å². The second kappa shape index (κ2) is 20.0. The second-order valence-corrected chi connectivity index (χ2v) is 19.1. The van der Waals surface area contributed by atoms with Crippen molar-refractivity contribution in [2.24, 2.45) is 0 Å². The van der Waals surface area contributed by atoms with E-state index < -0.39 is 0 Å². The van der Waals surface area contributed by atoms with E-state index in [-0.39, 0.29) is 0 Å². The molecular weight excluding hydrogens is 903 g/mol. The molecule has 0 bridgehead atoms. The van der Waals surface area contributed by atoms with E-state index in [9.17, 15) is 0 Å². The zero-order chi connectivity index (χ0) is 49.9. The first-order valence-corrected chi connectivity index (χ1v) is 25.8. The predicted molar refractivity (Wildman–Crippen MR) is 320 cm³/mol. The molecule has 75 heavy (non-hydrogen) atoms. The predicted octanol–water partition coefficient (Wildman–Crippen LogP) is 20.8. The zero-order valence-electron chi connectivity index (χ0n) is 41.4. The molecule has 13 rings (SSSR count). The summed E-state index contributed by atoms with van der Waals surface area (Å²) in [7, 11) is 0. The third-order valence-corrected chi connectivity index (χ3v) is 14.7. The topological polar surface area (TPSA) is 3.24 Å². The molecule has 0 aliphatic heterocycles. The molecular formula is C74H51N. The molecule has 0 aliphatic carbocycles. The minimum Gasteiger partial charge on any atom is -0.311 e. The van der Waals surface area contributed by atoms with Crippen LogP contribution in [0.3, 0.4) is 0 Å². The summed E-state index contributed by atoms with van der Waals surface area (Å²) in [6, 6.07) is 113. The van der Waals surface area contributed by atoms with Gasteiger partial charge in [-0.25, -0.2) is 0 Å². The van der Waals surface area contributed by atoms with Crippen molar-refractivity contribution < 1.29 is 0 Å². The summed E-state index contributed by atoms with van der Waals surface area (Å²) in [5, 5.41) is 4.99. The van der Waals surface area contributed by atoms with E-state index in [0.717, 1.165) is 28.2 Å². The molecule has 0 saturated carbocycles. The van der Waals surface area contributed by atoms with Crippen LogP contribution in [0.5, 0.6) is 0 Å². The molecule has 0 radical (unpaired) electrons. The number of rotatable bonds is 11. The Morgan fingerprint density at radius 1 is 0.160 bits per heavy atom. The standard InChI is InChI=1S/C74H51N/c1-6-20-52(21-7-1)53-36-38-54(39-37-53)55-40-46-62(47-41-55)75(63-48-42-57(43-49-63)66-33-18-32-65(56-22-8-2-9-23-56)71(66)59-24-10-3-11-25-59)64-50-44-58(45-51-64)67-34-19-35-70-68-30-16-17-31-69(68)72(60-26-12-4-13-27-60)73(74(67)70)61-28-14-5-15-29-61/h1-51H. The fraction of sp³-hybridized carbons (Fsp3) is 0. The average Bonchev–Trinajstić information content (AvgIpc) is 3.50. The van der Waals surface area contributed by atoms with Gasteiger partial charge < -0.3 is 4.90 Å². The first-order valence-electron chi connectivity index (χ1n) is 25.8. The van der Waals surface area contributed by atoms with Gasteiger partial charge in [0.15, 0.2) is 0 Å². The summed E-state index contributed by atoms with van der Waals surface area (Å²) in [4.78, 5) is 2.38. The van der Waals surface area contributed by atoms with Crippen molar-refractivity contribution in [1.29, 1.82) is 0 Å². The van der Waals surface area contributed by atoms with Gasteiger partial charge in [-0.3, -0.25) is 0 Å². The maximum atomic E-state index is 2.38. The fourth-order valence-electron chi connectivity index (χ4n) is 11.2. The van der Waals surface area contributed by atoms with E-state index in [1.807, 2.05) is 0 Å². The van der Waals surface area contributed by atoms with Gasteiger partial charge in [-0.2, -0.15) is 0 Å². The molecule has 1 nitrogen and oxygen atoms in total. The lowest BCUT2D eigenvalue weighted by Gasteiger charge is -2.26. The number of nitrogens with zero attached hydrogens (tertiary/aromatic N) is 1. The maximum Gasteiger partial charge on any atom is 0.0462 e. The van der Waals surface area contributed by atoms with Crippen LogP contribution in [0.2, 0.25) is 0 Å². The summed E-state index contributed by atoms with van der Waals surface area (Å²) in [5.74, 6) is 0. The van der Waals surface area contributed by atoms with Gasteiger partial charge in [0, 0.05) is 17.1 Å². The normalized spacial score (nSPS) is 11.2. The summed E-state index contributed by atoms with van der Waals surface area (Å²) in [6.07, 6.45) is 0. The number of benzene rings is 13. The number of hydrogen-bond donors (Lipinski definition) is 0. The van der Waals surface area contributed by atoms with E-state index in [2.05, 4.69) is 314 Å². The van der Waals surface area contributed by atoms with Crippen molar-refractivity contribution in [3.8, 4) is 89.0 Å². The third-order valence-electron chi connectivity index (χ3n) is 14.7. The molecule has 0 N–H and O–H groups in total. The Morgan fingerprint density at radius 2 is 0.453 bits per heavy atom. The average molecular weight is 954 g/mol. The van der Waals surface area contributed by atoms with Crippen LogP contribution in [-0.4, -0.2) is 0 Å². The van der Waals surface area contributed by atoms with Crippen LogP contribution in [0.1, 0.15) is 0 Å². The minimum atomic E-state index is 1.07. The molecule has 352 valence electrons. The Hall–Kier alpha value is -9.82. The highest BCUT2D eigenvalue weighted by Gasteiger charge is 2.22. The molecule has 0 heterocycles. The van der Waals surface area contributed by atoms with Gasteiger partial charge in [-0.05, 0) is 147 Å². The molecule has 0 saturated heterocycles. The summed E-state index contributed by atoms with van der Waals surface area (Å²) >= 11 is 0. The molecule has 13 aromatic rings. The smallest absolute Gasteiger partial charge is 0.0462 e. The largest absolute Gasteiger partial charge is 0.311 e. The van der Waals surface area contributed by atoms with Crippen LogP contribution in [0.4, 0.5) is 17.1 Å². The van der Waals surface area contributed by atoms with Crippen LogP contribution >= 0.6 is 0 Å². The Bertz CT molecular complexity index is 4080. The quantitative estimate of drug-likeness (QED) is 0.117. The van der Waals surface area contributed by atoms with E-state index in [0.29, 0.717) is 0 Å². The molecule has 13 aromatic carbocycles. The van der Waals surface area contributed by atoms with Crippen molar-refractivity contribution in [2.45, 2.75) is 0 Å². The minimum absolute atomic E-state index is 1.07. The Labute approximate surface area is 439 Å². The van der Waals surface area contributed by atoms with E-state index >= 15 is 0 Å². The van der Waals surface area contributed by atoms with Crippen LogP contribution in [0.25, 0.3) is 111 Å². The second-order valence-electron chi connectivity index (χ2n) is 19.1. The maximum absolute atomic E-state index is 2.38. The van der Waals surface area contributed by atoms with E-state index in [4.69, 9.17) is 0 Å². The number of hydrogen-bond acceptors (Lipinski definition) is 1. The molecule has 1 heteroatoms. The summed E-state index contributed by atoms with van der Waals surface area (Å²) in [5.41, 5.74) is 22.4. The van der Waals surface area contributed by atoms with E-state index in [1.54, 1.807) is 0 Å². The summed E-state index contributed by atoms with van der Waals surface area (Å²) < 4.78 is 0. The Morgan fingerprint density at radius 3 is 0.933 bits per heavy atom. The van der Waals surface area contributed by atoms with Crippen LogP contribution in [0, 0.1) is 0 Å². The van der Waals surface area contributed by atoms with Crippen LogP contribution in [-0.2, 0) is 0 Å². The van der Waals surface area contributed by atoms with Crippen molar-refractivity contribution in [2.75, 3.05) is 4.90 Å². The molecule has 0 amide bonds. The molecule has 0 aliphatic rings. The monoisotopic (exact) mass is 953 g/mol. The van der Waals surface area contributed by atoms with Gasteiger partial charge in [0.25, 0.3) is 0 Å². The lowest BCUT2D eigenvalue weighted by atomic mass is 9.82. The Balaban J connectivity index is 0.938. The van der Waals surface area contributed by atoms with Crippen molar-refractivity contribution >= 4 is 38.6 Å². The van der Waals surface area contributed by atoms with Crippen molar-refractivity contribution in [3.05, 3.63) is 309 Å². The molecule has 0 atom stereocenters. The molecule has 0 fully saturated rings. The number of anilines is 3. The molecule has 0 spiro atoms. The lowest BCUT2D eigenvalue weighted by Crippen LogP contribution is -2.09. The third kappa shape index (κ3) is 8.67. The van der Waals surface area contributed by atoms with Crippen LogP contribution < -0.4 is 4.90 Å². The SMILES string of the molecule is c1ccc(-c2ccc(-c3ccc(N(c4ccc(-c5cccc(-c6ccccc6)c5-c5ccccc5)cc4)c4ccc(-c5cccc6c5c(-c5ccccc5)c(-c5ccccc5)c5ccccc56)cc4)cc3)cc2)cc1. The van der Waals surface area contributed by atoms with Gasteiger partial charge in [0.05, 0.1) is 0 Å². The van der Waals surface area contributed by atoms with Gasteiger partial charge in [-0.1, -0.05) is 273 Å². The first kappa shape index (κ1) is 45.1. The van der Waals surface area contributed by atoms with E-state index in [1.165, 1.54) is 99.4 Å². The molecule has 0 aromatic heterocycles. The highest BCUT2D eigenvalue weighted by Crippen LogP contribution is 2.49.